The predicted molar refractivity (Wildman–Crippen MR) is 98.6 cm³/mol. The van der Waals surface area contributed by atoms with Gasteiger partial charge in [0.15, 0.2) is 0 Å². The average molecular weight is 438 g/mol. The van der Waals surface area contributed by atoms with E-state index in [0.29, 0.717) is 13.0 Å². The highest BCUT2D eigenvalue weighted by Gasteiger charge is 2.36. The summed E-state index contributed by atoms with van der Waals surface area (Å²) in [5, 5.41) is 3.37. The highest BCUT2D eigenvalue weighted by Crippen LogP contribution is 2.35. The van der Waals surface area contributed by atoms with Gasteiger partial charge in [-0.3, -0.25) is 0 Å². The minimum absolute atomic E-state index is 0.0265. The van der Waals surface area contributed by atoms with Gasteiger partial charge < -0.3 is 14.3 Å². The molecule has 1 fully saturated rings. The van der Waals surface area contributed by atoms with Gasteiger partial charge >= 0.3 is 6.18 Å². The van der Waals surface area contributed by atoms with Crippen molar-refractivity contribution in [2.75, 3.05) is 46.3 Å². The van der Waals surface area contributed by atoms with Gasteiger partial charge in [0.2, 0.25) is 15.8 Å². The number of hydrogen-bond acceptors (Lipinski definition) is 7. The molecule has 0 saturated carbocycles. The predicted octanol–water partition coefficient (Wildman–Crippen LogP) is 2.34. The molecule has 1 saturated heterocycles. The summed E-state index contributed by atoms with van der Waals surface area (Å²) < 4.78 is 69.4. The van der Waals surface area contributed by atoms with Crippen LogP contribution < -0.4 is 4.72 Å². The summed E-state index contributed by atoms with van der Waals surface area (Å²) in [6.07, 6.45) is -3.96. The van der Waals surface area contributed by atoms with E-state index in [0.717, 1.165) is 50.1 Å². The van der Waals surface area contributed by atoms with Crippen LogP contribution in [-0.2, 0) is 16.2 Å². The summed E-state index contributed by atoms with van der Waals surface area (Å²) in [5.74, 6) is -1.22. The highest BCUT2D eigenvalue weighted by molar-refractivity contribution is 7.91. The van der Waals surface area contributed by atoms with Crippen LogP contribution in [0.15, 0.2) is 26.9 Å². The minimum atomic E-state index is -4.64. The molecule has 1 aliphatic heterocycles. The van der Waals surface area contributed by atoms with Crippen LogP contribution in [0.25, 0.3) is 10.6 Å². The van der Waals surface area contributed by atoms with E-state index < -0.39 is 22.0 Å². The molecular formula is C16H21F3N4O3S2. The standard InChI is InChI=1S/C16H21F3N4O3S2/c1-22-7-9-23(10-8-22)6-2-5-20-28(24,25)15-4-3-13(27-15)12-11-14(26-21-12)16(17,18)19/h3-4,11,20H,2,5-10H2,1H3. The Bertz CT molecular complexity index is 887. The normalized spacial score (nSPS) is 17.3. The molecule has 0 aromatic carbocycles. The second kappa shape index (κ2) is 8.49. The van der Waals surface area contributed by atoms with E-state index in [9.17, 15) is 21.6 Å². The Hall–Kier alpha value is -1.47. The molecule has 28 heavy (non-hydrogen) atoms. The van der Waals surface area contributed by atoms with Crippen molar-refractivity contribution in [3.8, 4) is 10.6 Å². The Morgan fingerprint density at radius 1 is 1.25 bits per heavy atom. The number of nitrogens with zero attached hydrogens (tertiary/aromatic N) is 3. The lowest BCUT2D eigenvalue weighted by Gasteiger charge is -2.32. The molecule has 1 aliphatic rings. The van der Waals surface area contributed by atoms with Crippen LogP contribution in [0.4, 0.5) is 13.2 Å². The molecule has 2 aromatic heterocycles. The molecule has 0 bridgehead atoms. The van der Waals surface area contributed by atoms with Crippen LogP contribution in [0.2, 0.25) is 0 Å². The molecule has 156 valence electrons. The first-order valence-electron chi connectivity index (χ1n) is 8.70. The third-order valence-corrected chi connectivity index (χ3v) is 7.49. The number of aromatic nitrogens is 1. The Labute approximate surface area is 165 Å². The first-order chi connectivity index (χ1) is 13.1. The van der Waals surface area contributed by atoms with E-state index in [1.165, 1.54) is 12.1 Å². The number of sulfonamides is 1. The van der Waals surface area contributed by atoms with Crippen LogP contribution in [-0.4, -0.2) is 69.7 Å². The molecule has 1 N–H and O–H groups in total. The summed E-state index contributed by atoms with van der Waals surface area (Å²) in [4.78, 5) is 4.83. The van der Waals surface area contributed by atoms with Crippen molar-refractivity contribution < 1.29 is 26.1 Å². The largest absolute Gasteiger partial charge is 0.452 e. The smallest absolute Gasteiger partial charge is 0.351 e. The fraction of sp³-hybridized carbons (Fsp3) is 0.562. The quantitative estimate of drug-likeness (QED) is 0.669. The molecule has 0 radical (unpaired) electrons. The van der Waals surface area contributed by atoms with Gasteiger partial charge in [-0.2, -0.15) is 13.2 Å². The molecule has 0 atom stereocenters. The van der Waals surface area contributed by atoms with Gasteiger partial charge in [-0.1, -0.05) is 5.16 Å². The van der Waals surface area contributed by atoms with Crippen LogP contribution in [0.5, 0.6) is 0 Å². The number of hydrogen-bond donors (Lipinski definition) is 1. The molecule has 0 spiro atoms. The summed E-state index contributed by atoms with van der Waals surface area (Å²) in [6.45, 7) is 5.04. The highest BCUT2D eigenvalue weighted by atomic mass is 32.2. The number of rotatable bonds is 7. The lowest BCUT2D eigenvalue weighted by Crippen LogP contribution is -2.45. The number of piperazine rings is 1. The monoisotopic (exact) mass is 438 g/mol. The summed E-state index contributed by atoms with van der Waals surface area (Å²) in [7, 11) is -1.65. The van der Waals surface area contributed by atoms with E-state index >= 15 is 0 Å². The summed E-state index contributed by atoms with van der Waals surface area (Å²) in [6, 6.07) is 3.53. The summed E-state index contributed by atoms with van der Waals surface area (Å²) in [5.41, 5.74) is -0.0474. The van der Waals surface area contributed by atoms with Crippen molar-refractivity contribution in [2.45, 2.75) is 16.8 Å². The number of alkyl halides is 3. The van der Waals surface area contributed by atoms with Gasteiger partial charge in [-0.25, -0.2) is 13.1 Å². The number of halogens is 3. The molecule has 0 aliphatic carbocycles. The van der Waals surface area contributed by atoms with Crippen LogP contribution in [0, 0.1) is 0 Å². The Morgan fingerprint density at radius 3 is 2.61 bits per heavy atom. The molecule has 0 unspecified atom stereocenters. The maximum atomic E-state index is 12.6. The van der Waals surface area contributed by atoms with Crippen molar-refractivity contribution >= 4 is 21.4 Å². The van der Waals surface area contributed by atoms with Crippen molar-refractivity contribution in [1.82, 2.24) is 19.7 Å². The Morgan fingerprint density at radius 2 is 1.96 bits per heavy atom. The number of likely N-dealkylation sites (N-methyl/N-ethyl adjacent to an activating group) is 1. The third kappa shape index (κ3) is 5.32. The van der Waals surface area contributed by atoms with Gasteiger partial charge in [0, 0.05) is 38.8 Å². The van der Waals surface area contributed by atoms with Gasteiger partial charge in [-0.05, 0) is 32.1 Å². The van der Waals surface area contributed by atoms with Gasteiger partial charge in [-0.15, -0.1) is 11.3 Å². The zero-order valence-corrected chi connectivity index (χ0v) is 16.8. The van der Waals surface area contributed by atoms with Crippen LogP contribution in [0.1, 0.15) is 12.2 Å². The first-order valence-corrected chi connectivity index (χ1v) is 11.0. The molecule has 2 aromatic rings. The zero-order valence-electron chi connectivity index (χ0n) is 15.2. The molecule has 7 nitrogen and oxygen atoms in total. The number of thiophene rings is 1. The Kier molecular flexibility index (Phi) is 6.44. The average Bonchev–Trinajstić information content (AvgIpc) is 3.29. The van der Waals surface area contributed by atoms with E-state index in [1.54, 1.807) is 0 Å². The van der Waals surface area contributed by atoms with E-state index in [-0.39, 0.29) is 14.8 Å². The van der Waals surface area contributed by atoms with Crippen molar-refractivity contribution in [1.29, 1.82) is 0 Å². The van der Waals surface area contributed by atoms with Gasteiger partial charge in [0.05, 0.1) is 4.88 Å². The fourth-order valence-corrected chi connectivity index (χ4v) is 5.16. The summed E-state index contributed by atoms with van der Waals surface area (Å²) >= 11 is 0.847. The van der Waals surface area contributed by atoms with E-state index in [4.69, 9.17) is 0 Å². The maximum Gasteiger partial charge on any atom is 0.452 e. The maximum absolute atomic E-state index is 12.6. The molecule has 12 heteroatoms. The second-order valence-corrected chi connectivity index (χ2v) is 9.67. The molecule has 3 rings (SSSR count). The van der Waals surface area contributed by atoms with Crippen molar-refractivity contribution in [3.05, 3.63) is 24.0 Å². The van der Waals surface area contributed by atoms with Crippen molar-refractivity contribution in [2.24, 2.45) is 0 Å². The van der Waals surface area contributed by atoms with Gasteiger partial charge in [0.25, 0.3) is 0 Å². The number of nitrogens with one attached hydrogen (secondary N) is 1. The van der Waals surface area contributed by atoms with Gasteiger partial charge in [0.1, 0.15) is 9.90 Å². The fourth-order valence-electron chi connectivity index (χ4n) is 2.78. The molecule has 0 amide bonds. The first kappa shape index (κ1) is 21.2. The van der Waals surface area contributed by atoms with Crippen LogP contribution >= 0.6 is 11.3 Å². The zero-order chi connectivity index (χ0) is 20.4. The van der Waals surface area contributed by atoms with E-state index in [2.05, 4.69) is 31.2 Å². The van der Waals surface area contributed by atoms with E-state index in [1.807, 2.05) is 0 Å². The Balaban J connectivity index is 1.54. The second-order valence-electron chi connectivity index (χ2n) is 6.59. The lowest BCUT2D eigenvalue weighted by atomic mass is 10.3. The topological polar surface area (TPSA) is 78.7 Å². The molecular weight excluding hydrogens is 417 g/mol. The van der Waals surface area contributed by atoms with Crippen molar-refractivity contribution in [3.63, 3.8) is 0 Å². The third-order valence-electron chi connectivity index (χ3n) is 4.43. The SMILES string of the molecule is CN1CCN(CCCNS(=O)(=O)c2ccc(-c3cc(C(F)(F)F)on3)s2)CC1. The minimum Gasteiger partial charge on any atom is -0.351 e. The van der Waals surface area contributed by atoms with Crippen LogP contribution in [0.3, 0.4) is 0 Å². The lowest BCUT2D eigenvalue weighted by molar-refractivity contribution is -0.155. The molecule has 3 heterocycles.